The van der Waals surface area contributed by atoms with E-state index in [-0.39, 0.29) is 23.9 Å². The molecule has 1 amide bonds. The Labute approximate surface area is 163 Å². The SMILES string of the molecule is O=C(c1ccn(-c2ccccc2)n1)N1CCN(S(=O)(=O)c2ccccc2)CC1. The van der Waals surface area contributed by atoms with E-state index in [4.69, 9.17) is 0 Å². The van der Waals surface area contributed by atoms with E-state index >= 15 is 0 Å². The van der Waals surface area contributed by atoms with Crippen molar-refractivity contribution in [2.45, 2.75) is 4.90 Å². The number of hydrogen-bond donors (Lipinski definition) is 0. The van der Waals surface area contributed by atoms with Gasteiger partial charge in [0.05, 0.1) is 10.6 Å². The maximum atomic E-state index is 12.8. The van der Waals surface area contributed by atoms with E-state index in [1.165, 1.54) is 4.31 Å². The maximum absolute atomic E-state index is 12.8. The molecule has 28 heavy (non-hydrogen) atoms. The molecule has 0 atom stereocenters. The largest absolute Gasteiger partial charge is 0.335 e. The molecule has 3 aromatic rings. The summed E-state index contributed by atoms with van der Waals surface area (Å²) in [5, 5.41) is 4.36. The number of rotatable bonds is 4. The second-order valence-corrected chi connectivity index (χ2v) is 8.43. The van der Waals surface area contributed by atoms with E-state index < -0.39 is 10.0 Å². The number of carbonyl (C=O) groups excluding carboxylic acids is 1. The van der Waals surface area contributed by atoms with Crippen LogP contribution in [0, 0.1) is 0 Å². The summed E-state index contributed by atoms with van der Waals surface area (Å²) in [6.07, 6.45) is 1.75. The normalized spacial score (nSPS) is 15.5. The van der Waals surface area contributed by atoms with Crippen molar-refractivity contribution in [2.75, 3.05) is 26.2 Å². The first-order valence-corrected chi connectivity index (χ1v) is 10.5. The van der Waals surface area contributed by atoms with Crippen molar-refractivity contribution in [3.8, 4) is 5.69 Å². The predicted octanol–water partition coefficient (Wildman–Crippen LogP) is 2.02. The first kappa shape index (κ1) is 18.4. The van der Waals surface area contributed by atoms with E-state index in [0.29, 0.717) is 18.8 Å². The van der Waals surface area contributed by atoms with Gasteiger partial charge in [-0.15, -0.1) is 0 Å². The zero-order valence-corrected chi connectivity index (χ0v) is 16.0. The number of sulfonamides is 1. The van der Waals surface area contributed by atoms with Crippen LogP contribution >= 0.6 is 0 Å². The van der Waals surface area contributed by atoms with Crippen molar-refractivity contribution >= 4 is 15.9 Å². The maximum Gasteiger partial charge on any atom is 0.274 e. The van der Waals surface area contributed by atoms with E-state index in [9.17, 15) is 13.2 Å². The molecule has 7 nitrogen and oxygen atoms in total. The molecule has 2 heterocycles. The summed E-state index contributed by atoms with van der Waals surface area (Å²) in [6.45, 7) is 1.21. The molecular weight excluding hydrogens is 376 g/mol. The molecule has 0 saturated carbocycles. The van der Waals surface area contributed by atoms with E-state index in [2.05, 4.69) is 5.10 Å². The van der Waals surface area contributed by atoms with Gasteiger partial charge in [0.2, 0.25) is 10.0 Å². The Balaban J connectivity index is 1.43. The van der Waals surface area contributed by atoms with Gasteiger partial charge in [-0.25, -0.2) is 13.1 Å². The summed E-state index contributed by atoms with van der Waals surface area (Å²) in [6, 6.07) is 19.6. The molecule has 1 aliphatic heterocycles. The van der Waals surface area contributed by atoms with Gasteiger partial charge in [0.15, 0.2) is 5.69 Å². The molecule has 8 heteroatoms. The predicted molar refractivity (Wildman–Crippen MR) is 105 cm³/mol. The number of aromatic nitrogens is 2. The molecule has 0 bridgehead atoms. The Morgan fingerprint density at radius 3 is 2.07 bits per heavy atom. The van der Waals surface area contributed by atoms with Gasteiger partial charge in [0.1, 0.15) is 0 Å². The molecule has 2 aromatic carbocycles. The van der Waals surface area contributed by atoms with Crippen molar-refractivity contribution in [1.29, 1.82) is 0 Å². The summed E-state index contributed by atoms with van der Waals surface area (Å²) >= 11 is 0. The number of para-hydroxylation sites is 1. The van der Waals surface area contributed by atoms with Gasteiger partial charge in [-0.05, 0) is 30.3 Å². The second kappa shape index (κ2) is 7.57. The van der Waals surface area contributed by atoms with Crippen LogP contribution in [0.4, 0.5) is 0 Å². The van der Waals surface area contributed by atoms with Crippen molar-refractivity contribution in [3.63, 3.8) is 0 Å². The minimum Gasteiger partial charge on any atom is -0.335 e. The first-order chi connectivity index (χ1) is 13.6. The highest BCUT2D eigenvalue weighted by atomic mass is 32.2. The number of piperazine rings is 1. The number of nitrogens with zero attached hydrogens (tertiary/aromatic N) is 4. The number of hydrogen-bond acceptors (Lipinski definition) is 4. The molecule has 1 aromatic heterocycles. The molecule has 0 spiro atoms. The Kier molecular flexibility index (Phi) is 4.97. The van der Waals surface area contributed by atoms with Crippen molar-refractivity contribution in [1.82, 2.24) is 19.0 Å². The van der Waals surface area contributed by atoms with E-state index in [1.54, 1.807) is 52.2 Å². The molecule has 0 aliphatic carbocycles. The Morgan fingerprint density at radius 1 is 0.821 bits per heavy atom. The zero-order valence-electron chi connectivity index (χ0n) is 15.2. The lowest BCUT2D eigenvalue weighted by Crippen LogP contribution is -2.50. The van der Waals surface area contributed by atoms with Gasteiger partial charge < -0.3 is 4.90 Å². The van der Waals surface area contributed by atoms with E-state index in [0.717, 1.165) is 5.69 Å². The van der Waals surface area contributed by atoms with Crippen LogP contribution < -0.4 is 0 Å². The summed E-state index contributed by atoms with van der Waals surface area (Å²) in [4.78, 5) is 14.7. The molecular formula is C20H20N4O3S. The number of amides is 1. The lowest BCUT2D eigenvalue weighted by Gasteiger charge is -2.33. The zero-order chi connectivity index (χ0) is 19.6. The number of carbonyl (C=O) groups is 1. The van der Waals surface area contributed by atoms with Crippen molar-refractivity contribution < 1.29 is 13.2 Å². The van der Waals surface area contributed by atoms with Gasteiger partial charge in [-0.3, -0.25) is 4.79 Å². The smallest absolute Gasteiger partial charge is 0.274 e. The highest BCUT2D eigenvalue weighted by molar-refractivity contribution is 7.89. The molecule has 0 unspecified atom stereocenters. The molecule has 144 valence electrons. The average Bonchev–Trinajstić information content (AvgIpc) is 3.25. The lowest BCUT2D eigenvalue weighted by atomic mass is 10.3. The summed E-state index contributed by atoms with van der Waals surface area (Å²) in [5.41, 5.74) is 1.23. The van der Waals surface area contributed by atoms with Crippen LogP contribution in [-0.2, 0) is 10.0 Å². The Hall–Kier alpha value is -2.97. The molecule has 1 fully saturated rings. The third-order valence-electron chi connectivity index (χ3n) is 4.74. The van der Waals surface area contributed by atoms with Gasteiger partial charge in [0, 0.05) is 32.4 Å². The second-order valence-electron chi connectivity index (χ2n) is 6.49. The van der Waals surface area contributed by atoms with Crippen molar-refractivity contribution in [2.24, 2.45) is 0 Å². The highest BCUT2D eigenvalue weighted by Crippen LogP contribution is 2.18. The summed E-state index contributed by atoms with van der Waals surface area (Å²) < 4.78 is 28.5. The third-order valence-corrected chi connectivity index (χ3v) is 6.65. The lowest BCUT2D eigenvalue weighted by molar-refractivity contribution is 0.0691. The van der Waals surface area contributed by atoms with Crippen LogP contribution in [-0.4, -0.2) is 59.5 Å². The van der Waals surface area contributed by atoms with Crippen LogP contribution in [0.5, 0.6) is 0 Å². The van der Waals surface area contributed by atoms with Gasteiger partial charge in [-0.2, -0.15) is 9.40 Å². The number of benzene rings is 2. The van der Waals surface area contributed by atoms with Crippen LogP contribution in [0.3, 0.4) is 0 Å². The molecule has 1 aliphatic rings. The van der Waals surface area contributed by atoms with Gasteiger partial charge in [0.25, 0.3) is 5.91 Å². The summed E-state index contributed by atoms with van der Waals surface area (Å²) in [7, 11) is -3.53. The fraction of sp³-hybridized carbons (Fsp3) is 0.200. The fourth-order valence-electron chi connectivity index (χ4n) is 3.20. The fourth-order valence-corrected chi connectivity index (χ4v) is 4.64. The summed E-state index contributed by atoms with van der Waals surface area (Å²) in [5.74, 6) is -0.188. The van der Waals surface area contributed by atoms with Gasteiger partial charge in [-0.1, -0.05) is 36.4 Å². The molecule has 1 saturated heterocycles. The third kappa shape index (κ3) is 3.56. The van der Waals surface area contributed by atoms with Gasteiger partial charge >= 0.3 is 0 Å². The first-order valence-electron chi connectivity index (χ1n) is 9.01. The molecule has 0 N–H and O–H groups in total. The van der Waals surface area contributed by atoms with Crippen LogP contribution in [0.2, 0.25) is 0 Å². The molecule has 0 radical (unpaired) electrons. The standard InChI is InChI=1S/C20H20N4O3S/c25-20(19-11-12-24(21-19)17-7-3-1-4-8-17)22-13-15-23(16-14-22)28(26,27)18-9-5-2-6-10-18/h1-12H,13-16H2. The average molecular weight is 396 g/mol. The Morgan fingerprint density at radius 2 is 1.43 bits per heavy atom. The van der Waals surface area contributed by atoms with Crippen LogP contribution in [0.25, 0.3) is 5.69 Å². The quantitative estimate of drug-likeness (QED) is 0.676. The Bertz CT molecular complexity index is 1060. The van der Waals surface area contributed by atoms with Crippen LogP contribution in [0.15, 0.2) is 77.8 Å². The van der Waals surface area contributed by atoms with Crippen LogP contribution in [0.1, 0.15) is 10.5 Å². The minimum absolute atomic E-state index is 0.188. The van der Waals surface area contributed by atoms with E-state index in [1.807, 2.05) is 30.3 Å². The minimum atomic E-state index is -3.53. The highest BCUT2D eigenvalue weighted by Gasteiger charge is 2.30. The monoisotopic (exact) mass is 396 g/mol. The molecule has 4 rings (SSSR count). The van der Waals surface area contributed by atoms with Crippen molar-refractivity contribution in [3.05, 3.63) is 78.6 Å². The topological polar surface area (TPSA) is 75.5 Å².